The van der Waals surface area contributed by atoms with Crippen LogP contribution >= 0.6 is 0 Å². The Morgan fingerprint density at radius 2 is 1.88 bits per heavy atom. The van der Waals surface area contributed by atoms with Crippen LogP contribution in [0.1, 0.15) is 5.56 Å². The van der Waals surface area contributed by atoms with Crippen LogP contribution in [0.15, 0.2) is 6.07 Å². The fourth-order valence-electron chi connectivity index (χ4n) is 1.59. The van der Waals surface area contributed by atoms with Crippen molar-refractivity contribution in [2.24, 2.45) is 0 Å². The number of hydrogen-bond donors (Lipinski definition) is 1. The van der Waals surface area contributed by atoms with Crippen LogP contribution in [0.5, 0.6) is 5.75 Å². The highest BCUT2D eigenvalue weighted by atomic mass is 16.6. The van der Waals surface area contributed by atoms with E-state index >= 15 is 0 Å². The predicted octanol–water partition coefficient (Wildman–Crippen LogP) is 1.86. The number of benzene rings is 1. The van der Waals surface area contributed by atoms with Crippen LogP contribution in [0.4, 0.5) is 17.1 Å². The van der Waals surface area contributed by atoms with Gasteiger partial charge in [-0.05, 0) is 6.92 Å². The molecule has 0 aliphatic carbocycles. The van der Waals surface area contributed by atoms with Gasteiger partial charge in [-0.2, -0.15) is 0 Å². The maximum absolute atomic E-state index is 11.0. The summed E-state index contributed by atoms with van der Waals surface area (Å²) in [6.07, 6.45) is 0. The van der Waals surface area contributed by atoms with Crippen LogP contribution < -0.4 is 10.1 Å². The Labute approximate surface area is 96.5 Å². The van der Waals surface area contributed by atoms with E-state index < -0.39 is 15.5 Å². The zero-order valence-electron chi connectivity index (χ0n) is 9.51. The lowest BCUT2D eigenvalue weighted by atomic mass is 10.1. The van der Waals surface area contributed by atoms with Gasteiger partial charge in [0.05, 0.1) is 17.0 Å². The van der Waals surface area contributed by atoms with E-state index in [1.54, 1.807) is 0 Å². The maximum Gasteiger partial charge on any atom is 0.341 e. The smallest absolute Gasteiger partial charge is 0.341 e. The number of aryl methyl sites for hydroxylation is 1. The van der Waals surface area contributed by atoms with Gasteiger partial charge in [-0.3, -0.25) is 20.2 Å². The summed E-state index contributed by atoms with van der Waals surface area (Å²) < 4.78 is 4.91. The summed E-state index contributed by atoms with van der Waals surface area (Å²) in [5.41, 5.74) is -0.605. The highest BCUT2D eigenvalue weighted by Crippen LogP contribution is 2.43. The zero-order chi connectivity index (χ0) is 13.2. The Morgan fingerprint density at radius 3 is 2.24 bits per heavy atom. The number of nitro benzene ring substituents is 2. The Kier molecular flexibility index (Phi) is 3.46. The van der Waals surface area contributed by atoms with Gasteiger partial charge in [0.15, 0.2) is 5.69 Å². The van der Waals surface area contributed by atoms with Gasteiger partial charge in [0.25, 0.3) is 5.69 Å². The number of ether oxygens (including phenoxy) is 1. The number of nitrogens with one attached hydrogen (secondary N) is 1. The van der Waals surface area contributed by atoms with Gasteiger partial charge in [-0.1, -0.05) is 0 Å². The highest BCUT2D eigenvalue weighted by molar-refractivity contribution is 5.80. The van der Waals surface area contributed by atoms with E-state index in [1.165, 1.54) is 27.1 Å². The first-order valence-electron chi connectivity index (χ1n) is 4.62. The Hall–Kier alpha value is -2.38. The molecule has 0 saturated heterocycles. The third kappa shape index (κ3) is 2.10. The van der Waals surface area contributed by atoms with Gasteiger partial charge in [0.1, 0.15) is 0 Å². The van der Waals surface area contributed by atoms with E-state index in [0.717, 1.165) is 0 Å². The molecule has 8 heteroatoms. The monoisotopic (exact) mass is 241 g/mol. The lowest BCUT2D eigenvalue weighted by Crippen LogP contribution is -2.05. The highest BCUT2D eigenvalue weighted by Gasteiger charge is 2.31. The number of methoxy groups -OCH3 is 1. The summed E-state index contributed by atoms with van der Waals surface area (Å²) in [7, 11) is 2.66. The average molecular weight is 241 g/mol. The third-order valence-corrected chi connectivity index (χ3v) is 2.25. The molecule has 1 rings (SSSR count). The van der Waals surface area contributed by atoms with Crippen molar-refractivity contribution >= 4 is 17.1 Å². The van der Waals surface area contributed by atoms with E-state index in [0.29, 0.717) is 5.56 Å². The van der Waals surface area contributed by atoms with Gasteiger partial charge >= 0.3 is 5.69 Å². The molecule has 92 valence electrons. The zero-order valence-corrected chi connectivity index (χ0v) is 9.51. The van der Waals surface area contributed by atoms with Crippen molar-refractivity contribution < 1.29 is 14.6 Å². The fraction of sp³-hybridized carbons (Fsp3) is 0.333. The molecule has 0 aliphatic rings. The molecular weight excluding hydrogens is 230 g/mol. The van der Waals surface area contributed by atoms with Gasteiger partial charge in [-0.15, -0.1) is 0 Å². The van der Waals surface area contributed by atoms with E-state index in [-0.39, 0.29) is 17.1 Å². The summed E-state index contributed by atoms with van der Waals surface area (Å²) >= 11 is 0. The first-order valence-corrected chi connectivity index (χ1v) is 4.62. The molecule has 17 heavy (non-hydrogen) atoms. The normalized spacial score (nSPS) is 9.82. The van der Waals surface area contributed by atoms with Crippen molar-refractivity contribution in [2.45, 2.75) is 6.92 Å². The summed E-state index contributed by atoms with van der Waals surface area (Å²) in [5.74, 6) is 0.0185. The molecular formula is C9H11N3O5. The maximum atomic E-state index is 11.0. The fourth-order valence-corrected chi connectivity index (χ4v) is 1.59. The van der Waals surface area contributed by atoms with Crippen molar-refractivity contribution in [2.75, 3.05) is 19.5 Å². The average Bonchev–Trinajstić information content (AvgIpc) is 2.26. The van der Waals surface area contributed by atoms with Crippen LogP contribution in [0, 0.1) is 27.2 Å². The molecule has 0 atom stereocenters. The van der Waals surface area contributed by atoms with Gasteiger partial charge in [-0.25, -0.2) is 0 Å². The van der Waals surface area contributed by atoms with Crippen molar-refractivity contribution in [3.05, 3.63) is 31.9 Å². The minimum Gasteiger partial charge on any atom is -0.490 e. The summed E-state index contributed by atoms with van der Waals surface area (Å²) in [4.78, 5) is 20.4. The first kappa shape index (κ1) is 12.7. The molecule has 0 radical (unpaired) electrons. The van der Waals surface area contributed by atoms with Crippen molar-refractivity contribution in [1.82, 2.24) is 0 Å². The Bertz CT molecular complexity index is 486. The third-order valence-electron chi connectivity index (χ3n) is 2.25. The molecule has 0 spiro atoms. The largest absolute Gasteiger partial charge is 0.490 e. The summed E-state index contributed by atoms with van der Waals surface area (Å²) in [5, 5.41) is 24.2. The number of rotatable bonds is 4. The van der Waals surface area contributed by atoms with Crippen LogP contribution in [-0.2, 0) is 0 Å². The second-order valence-corrected chi connectivity index (χ2v) is 3.23. The molecule has 0 heterocycles. The van der Waals surface area contributed by atoms with Gasteiger partial charge in [0, 0.05) is 18.7 Å². The number of anilines is 1. The first-order chi connectivity index (χ1) is 7.93. The number of nitrogens with zero attached hydrogens (tertiary/aromatic N) is 2. The second kappa shape index (κ2) is 4.64. The molecule has 1 aromatic rings. The SMILES string of the molecule is CNc1c([N+](=O)[O-])cc(C)c(OC)c1[N+](=O)[O-]. The quantitative estimate of drug-likeness (QED) is 0.636. The van der Waals surface area contributed by atoms with Crippen LogP contribution in [0.2, 0.25) is 0 Å². The minimum atomic E-state index is -0.704. The molecule has 0 aliphatic heterocycles. The predicted molar refractivity (Wildman–Crippen MR) is 60.6 cm³/mol. The van der Waals surface area contributed by atoms with Crippen LogP contribution in [0.3, 0.4) is 0 Å². The molecule has 0 unspecified atom stereocenters. The van der Waals surface area contributed by atoms with Crippen molar-refractivity contribution in [1.29, 1.82) is 0 Å². The molecule has 0 aromatic heterocycles. The molecule has 1 aromatic carbocycles. The molecule has 0 bridgehead atoms. The molecule has 0 amide bonds. The number of hydrogen-bond acceptors (Lipinski definition) is 6. The standard InChI is InChI=1S/C9H11N3O5/c1-5-4-6(11(13)14)7(10-2)8(12(15)16)9(5)17-3/h4,10H,1-3H3. The van der Waals surface area contributed by atoms with Gasteiger partial charge < -0.3 is 10.1 Å². The van der Waals surface area contributed by atoms with Crippen molar-refractivity contribution in [3.8, 4) is 5.75 Å². The van der Waals surface area contributed by atoms with Gasteiger partial charge in [0.2, 0.25) is 5.75 Å². The molecule has 8 nitrogen and oxygen atoms in total. The lowest BCUT2D eigenvalue weighted by Gasteiger charge is -2.09. The molecule has 0 saturated carbocycles. The van der Waals surface area contributed by atoms with E-state index in [4.69, 9.17) is 4.74 Å². The van der Waals surface area contributed by atoms with E-state index in [2.05, 4.69) is 5.32 Å². The van der Waals surface area contributed by atoms with Crippen molar-refractivity contribution in [3.63, 3.8) is 0 Å². The van der Waals surface area contributed by atoms with E-state index in [9.17, 15) is 20.2 Å². The lowest BCUT2D eigenvalue weighted by molar-refractivity contribution is -0.392. The van der Waals surface area contributed by atoms with Crippen LogP contribution in [-0.4, -0.2) is 24.0 Å². The van der Waals surface area contributed by atoms with Crippen LogP contribution in [0.25, 0.3) is 0 Å². The number of nitro groups is 2. The minimum absolute atomic E-state index is 0.0185. The Balaban J connectivity index is 3.71. The molecule has 1 N–H and O–H groups in total. The topological polar surface area (TPSA) is 108 Å². The Morgan fingerprint density at radius 1 is 1.29 bits per heavy atom. The summed E-state index contributed by atoms with van der Waals surface area (Å²) in [6, 6.07) is 1.23. The molecule has 0 fully saturated rings. The summed E-state index contributed by atoms with van der Waals surface area (Å²) in [6.45, 7) is 1.51. The second-order valence-electron chi connectivity index (χ2n) is 3.23. The van der Waals surface area contributed by atoms with E-state index in [1.807, 2.05) is 0 Å².